The van der Waals surface area contributed by atoms with Crippen molar-refractivity contribution in [2.24, 2.45) is 0 Å². The minimum absolute atomic E-state index is 0.0224. The Kier molecular flexibility index (Phi) is 5.63. The first-order valence-electron chi connectivity index (χ1n) is 10.3. The number of aromatic hydroxyl groups is 1. The molecule has 1 aliphatic rings. The third kappa shape index (κ3) is 3.82. The van der Waals surface area contributed by atoms with Crippen molar-refractivity contribution in [3.05, 3.63) is 80.9 Å². The van der Waals surface area contributed by atoms with Crippen LogP contribution < -0.4 is 4.90 Å². The summed E-state index contributed by atoms with van der Waals surface area (Å²) in [7, 11) is 0. The Labute approximate surface area is 194 Å². The molecule has 0 saturated carbocycles. The maximum absolute atomic E-state index is 13.2. The van der Waals surface area contributed by atoms with Crippen LogP contribution in [0.3, 0.4) is 0 Å². The molecule has 1 aliphatic heterocycles. The molecule has 1 aromatic heterocycles. The predicted octanol–water partition coefficient (Wildman–Crippen LogP) is 4.60. The van der Waals surface area contributed by atoms with Gasteiger partial charge in [-0.1, -0.05) is 41.2 Å². The topological polar surface area (TPSA) is 108 Å². The summed E-state index contributed by atoms with van der Waals surface area (Å²) in [6.45, 7) is 6.76. The van der Waals surface area contributed by atoms with E-state index in [0.29, 0.717) is 21.7 Å². The smallest absolute Gasteiger partial charge is 0.301 e. The van der Waals surface area contributed by atoms with Crippen molar-refractivity contribution in [3.63, 3.8) is 0 Å². The quantitative estimate of drug-likeness (QED) is 0.254. The highest BCUT2D eigenvalue weighted by molar-refractivity contribution is 7.18. The summed E-state index contributed by atoms with van der Waals surface area (Å²) in [4.78, 5) is 44.4. The lowest BCUT2D eigenvalue weighted by molar-refractivity contribution is -0.132. The van der Waals surface area contributed by atoms with Gasteiger partial charge in [0.25, 0.3) is 5.78 Å². The fraction of sp³-hybridized carbons (Fsp3) is 0.200. The van der Waals surface area contributed by atoms with Crippen molar-refractivity contribution in [2.45, 2.75) is 33.7 Å². The molecule has 8 heteroatoms. The fourth-order valence-electron chi connectivity index (χ4n) is 3.95. The third-order valence-electron chi connectivity index (χ3n) is 5.61. The first-order valence-corrected chi connectivity index (χ1v) is 11.1. The number of aryl methyl sites for hydroxylation is 3. The number of carbonyl (C=O) groups excluding carboxylic acids is 3. The van der Waals surface area contributed by atoms with Crippen LogP contribution in [-0.2, 0) is 9.59 Å². The van der Waals surface area contributed by atoms with Crippen LogP contribution in [0.25, 0.3) is 5.76 Å². The molecule has 7 nitrogen and oxygen atoms in total. The van der Waals surface area contributed by atoms with Crippen LogP contribution in [0.2, 0.25) is 0 Å². The monoisotopic (exact) mass is 462 g/mol. The second-order valence-corrected chi connectivity index (χ2v) is 9.02. The van der Waals surface area contributed by atoms with E-state index in [9.17, 15) is 24.6 Å². The molecule has 1 amide bonds. The van der Waals surface area contributed by atoms with E-state index in [2.05, 4.69) is 4.98 Å². The normalized spacial score (nSPS) is 17.6. The van der Waals surface area contributed by atoms with Crippen molar-refractivity contribution in [2.75, 3.05) is 4.90 Å². The number of hydrogen-bond acceptors (Lipinski definition) is 7. The van der Waals surface area contributed by atoms with Crippen LogP contribution in [0.5, 0.6) is 5.75 Å². The summed E-state index contributed by atoms with van der Waals surface area (Å²) in [5.41, 5.74) is 2.99. The zero-order chi connectivity index (χ0) is 24.0. The molecule has 0 spiro atoms. The van der Waals surface area contributed by atoms with Gasteiger partial charge in [-0.05, 0) is 50.1 Å². The number of hydrogen-bond donors (Lipinski definition) is 2. The summed E-state index contributed by atoms with van der Waals surface area (Å²) in [6, 6.07) is 10.6. The maximum atomic E-state index is 13.2. The Bertz CT molecular complexity index is 1340. The molecule has 3 aromatic rings. The van der Waals surface area contributed by atoms with Gasteiger partial charge >= 0.3 is 5.91 Å². The third-order valence-corrected chi connectivity index (χ3v) is 6.87. The number of amides is 1. The largest absolute Gasteiger partial charge is 0.508 e. The number of aromatic nitrogens is 1. The number of phenols is 1. The van der Waals surface area contributed by atoms with E-state index in [-0.39, 0.29) is 28.0 Å². The Morgan fingerprint density at radius 1 is 1.06 bits per heavy atom. The average Bonchev–Trinajstić information content (AvgIpc) is 3.27. The van der Waals surface area contributed by atoms with Crippen molar-refractivity contribution in [1.82, 2.24) is 4.98 Å². The number of thiazole rings is 1. The lowest BCUT2D eigenvalue weighted by atomic mass is 9.93. The Morgan fingerprint density at radius 3 is 2.33 bits per heavy atom. The fourth-order valence-corrected chi connectivity index (χ4v) is 4.94. The van der Waals surface area contributed by atoms with Gasteiger partial charge in [-0.2, -0.15) is 0 Å². The zero-order valence-electron chi connectivity index (χ0n) is 18.5. The Balaban J connectivity index is 1.98. The van der Waals surface area contributed by atoms with Crippen molar-refractivity contribution >= 4 is 39.7 Å². The molecular weight excluding hydrogens is 440 g/mol. The number of anilines is 1. The van der Waals surface area contributed by atoms with Gasteiger partial charge in [0.05, 0.1) is 22.2 Å². The van der Waals surface area contributed by atoms with Crippen LogP contribution in [0, 0.1) is 20.8 Å². The average molecular weight is 463 g/mol. The molecule has 0 bridgehead atoms. The van der Waals surface area contributed by atoms with E-state index in [0.717, 1.165) is 22.5 Å². The minimum atomic E-state index is -0.976. The first kappa shape index (κ1) is 22.4. The van der Waals surface area contributed by atoms with Gasteiger partial charge < -0.3 is 10.2 Å². The highest BCUT2D eigenvalue weighted by Gasteiger charge is 2.48. The highest BCUT2D eigenvalue weighted by Crippen LogP contribution is 2.44. The molecule has 1 saturated heterocycles. The number of ketones is 2. The molecule has 1 fully saturated rings. The van der Waals surface area contributed by atoms with E-state index < -0.39 is 17.7 Å². The second-order valence-electron chi connectivity index (χ2n) is 8.05. The molecule has 0 radical (unpaired) electrons. The van der Waals surface area contributed by atoms with Crippen molar-refractivity contribution < 1.29 is 24.6 Å². The maximum Gasteiger partial charge on any atom is 0.301 e. The van der Waals surface area contributed by atoms with Crippen molar-refractivity contribution in [3.8, 4) is 5.75 Å². The van der Waals surface area contributed by atoms with Crippen LogP contribution in [0.1, 0.15) is 50.6 Å². The summed E-state index contributed by atoms with van der Waals surface area (Å²) in [5.74, 6) is -2.14. The number of phenolic OH excluding ortho intramolecular Hbond substituents is 1. The number of rotatable bonds is 4. The molecule has 1 atom stereocenters. The van der Waals surface area contributed by atoms with Gasteiger partial charge in [0, 0.05) is 12.5 Å². The van der Waals surface area contributed by atoms with Crippen LogP contribution in [0.15, 0.2) is 48.0 Å². The van der Waals surface area contributed by atoms with Gasteiger partial charge in [-0.25, -0.2) is 4.98 Å². The standard InChI is InChI=1S/C25H22N2O5S/c1-12-5-6-13(2)18(11-12)21(30)19-20(16-7-9-17(29)10-8-16)27(24(32)22(19)31)25-26-14(3)23(33-25)15(4)28/h5-11,20,29-30H,1-4H3. The predicted molar refractivity (Wildman–Crippen MR) is 126 cm³/mol. The van der Waals surface area contributed by atoms with E-state index in [1.54, 1.807) is 25.1 Å². The lowest BCUT2D eigenvalue weighted by Gasteiger charge is -2.23. The van der Waals surface area contributed by atoms with E-state index in [1.807, 2.05) is 26.0 Å². The van der Waals surface area contributed by atoms with Crippen LogP contribution in [0.4, 0.5) is 5.13 Å². The van der Waals surface area contributed by atoms with E-state index in [1.165, 1.54) is 24.0 Å². The minimum Gasteiger partial charge on any atom is -0.508 e. The summed E-state index contributed by atoms with van der Waals surface area (Å²) < 4.78 is 0. The lowest BCUT2D eigenvalue weighted by Crippen LogP contribution is -2.29. The SMILES string of the molecule is CC(=O)c1sc(N2C(=O)C(=O)C(=C(O)c3cc(C)ccc3C)C2c2ccc(O)cc2)nc1C. The van der Waals surface area contributed by atoms with Gasteiger partial charge in [0.1, 0.15) is 11.5 Å². The number of aliphatic hydroxyl groups excluding tert-OH is 1. The summed E-state index contributed by atoms with van der Waals surface area (Å²) in [6.07, 6.45) is 0. The van der Waals surface area contributed by atoms with Crippen LogP contribution in [-0.4, -0.2) is 32.7 Å². The number of nitrogens with zero attached hydrogens (tertiary/aromatic N) is 2. The van der Waals surface area contributed by atoms with Gasteiger partial charge in [0.15, 0.2) is 10.9 Å². The molecule has 2 aromatic carbocycles. The molecule has 1 unspecified atom stereocenters. The Morgan fingerprint density at radius 2 is 1.73 bits per heavy atom. The molecule has 33 heavy (non-hydrogen) atoms. The van der Waals surface area contributed by atoms with E-state index >= 15 is 0 Å². The Hall–Kier alpha value is -3.78. The van der Waals surface area contributed by atoms with Crippen molar-refractivity contribution in [1.29, 1.82) is 0 Å². The molecule has 2 heterocycles. The number of benzene rings is 2. The molecule has 2 N–H and O–H groups in total. The van der Waals surface area contributed by atoms with Gasteiger partial charge in [-0.15, -0.1) is 0 Å². The zero-order valence-corrected chi connectivity index (χ0v) is 19.4. The molecular formula is C25H22N2O5S. The highest BCUT2D eigenvalue weighted by atomic mass is 32.1. The summed E-state index contributed by atoms with van der Waals surface area (Å²) in [5, 5.41) is 21.2. The van der Waals surface area contributed by atoms with Gasteiger partial charge in [-0.3, -0.25) is 19.3 Å². The molecule has 4 rings (SSSR count). The second kappa shape index (κ2) is 8.29. The van der Waals surface area contributed by atoms with E-state index in [4.69, 9.17) is 0 Å². The molecule has 168 valence electrons. The first-order chi connectivity index (χ1) is 15.6. The van der Waals surface area contributed by atoms with Gasteiger partial charge in [0.2, 0.25) is 0 Å². The van der Waals surface area contributed by atoms with Crippen LogP contribution >= 0.6 is 11.3 Å². The number of carbonyl (C=O) groups is 3. The molecule has 0 aliphatic carbocycles. The summed E-state index contributed by atoms with van der Waals surface area (Å²) >= 11 is 1.03. The number of aliphatic hydroxyl groups is 1. The number of Topliss-reactive ketones (excluding diaryl/α,β-unsaturated/α-hetero) is 2.